The maximum atomic E-state index is 11.8. The molecule has 2 nitrogen and oxygen atoms in total. The predicted octanol–water partition coefficient (Wildman–Crippen LogP) is 1.41. The SMILES string of the molecule is CC(CCN)S(=O)C1CCCC1. The Bertz CT molecular complexity index is 155. The molecular weight excluding hydrogens is 170 g/mol. The summed E-state index contributed by atoms with van der Waals surface area (Å²) in [5.74, 6) is 0. The van der Waals surface area contributed by atoms with Gasteiger partial charge in [-0.15, -0.1) is 0 Å². The van der Waals surface area contributed by atoms with Gasteiger partial charge in [0.1, 0.15) is 0 Å². The predicted molar refractivity (Wildman–Crippen MR) is 53.5 cm³/mol. The molecule has 72 valence electrons. The van der Waals surface area contributed by atoms with Gasteiger partial charge >= 0.3 is 0 Å². The highest BCUT2D eigenvalue weighted by molar-refractivity contribution is 7.86. The van der Waals surface area contributed by atoms with E-state index < -0.39 is 10.8 Å². The lowest BCUT2D eigenvalue weighted by atomic mass is 10.3. The first kappa shape index (κ1) is 10.2. The molecule has 0 spiro atoms. The fraction of sp³-hybridized carbons (Fsp3) is 1.00. The second-order valence-corrected chi connectivity index (χ2v) is 5.75. The fourth-order valence-electron chi connectivity index (χ4n) is 1.80. The molecule has 0 saturated heterocycles. The van der Waals surface area contributed by atoms with Crippen molar-refractivity contribution in [3.8, 4) is 0 Å². The van der Waals surface area contributed by atoms with Crippen LogP contribution in [0.1, 0.15) is 39.0 Å². The monoisotopic (exact) mass is 189 g/mol. The summed E-state index contributed by atoms with van der Waals surface area (Å²) in [4.78, 5) is 0. The zero-order chi connectivity index (χ0) is 8.97. The van der Waals surface area contributed by atoms with Crippen LogP contribution in [0.4, 0.5) is 0 Å². The van der Waals surface area contributed by atoms with Crippen LogP contribution in [0.3, 0.4) is 0 Å². The third-order valence-electron chi connectivity index (χ3n) is 2.60. The molecule has 1 aliphatic rings. The minimum absolute atomic E-state index is 0.304. The van der Waals surface area contributed by atoms with Crippen molar-refractivity contribution in [2.24, 2.45) is 5.73 Å². The van der Waals surface area contributed by atoms with Crippen LogP contribution >= 0.6 is 0 Å². The molecule has 0 aromatic heterocycles. The second kappa shape index (κ2) is 4.97. The lowest BCUT2D eigenvalue weighted by molar-refractivity contribution is 0.651. The van der Waals surface area contributed by atoms with Gasteiger partial charge in [0.2, 0.25) is 0 Å². The van der Waals surface area contributed by atoms with Crippen molar-refractivity contribution < 1.29 is 4.21 Å². The first-order valence-corrected chi connectivity index (χ1v) is 6.12. The summed E-state index contributed by atoms with van der Waals surface area (Å²) in [5.41, 5.74) is 5.43. The van der Waals surface area contributed by atoms with E-state index in [1.807, 2.05) is 0 Å². The molecule has 1 fully saturated rings. The van der Waals surface area contributed by atoms with Crippen molar-refractivity contribution in [2.75, 3.05) is 6.54 Å². The van der Waals surface area contributed by atoms with E-state index in [0.717, 1.165) is 6.42 Å². The molecule has 1 rings (SSSR count). The van der Waals surface area contributed by atoms with Gasteiger partial charge in [0, 0.05) is 21.3 Å². The van der Waals surface area contributed by atoms with Crippen molar-refractivity contribution in [1.82, 2.24) is 0 Å². The van der Waals surface area contributed by atoms with Crippen LogP contribution < -0.4 is 5.73 Å². The Hall–Kier alpha value is 0.110. The zero-order valence-corrected chi connectivity index (χ0v) is 8.61. The van der Waals surface area contributed by atoms with E-state index >= 15 is 0 Å². The van der Waals surface area contributed by atoms with Crippen molar-refractivity contribution >= 4 is 10.8 Å². The maximum absolute atomic E-state index is 11.8. The standard InChI is InChI=1S/C9H19NOS/c1-8(6-7-10)12(11)9-4-2-3-5-9/h8-9H,2-7,10H2,1H3. The Morgan fingerprint density at radius 1 is 1.50 bits per heavy atom. The summed E-state index contributed by atoms with van der Waals surface area (Å²) >= 11 is 0. The average molecular weight is 189 g/mol. The third kappa shape index (κ3) is 2.56. The van der Waals surface area contributed by atoms with Crippen molar-refractivity contribution in [3.63, 3.8) is 0 Å². The highest BCUT2D eigenvalue weighted by atomic mass is 32.2. The minimum Gasteiger partial charge on any atom is -0.330 e. The van der Waals surface area contributed by atoms with Gasteiger partial charge in [-0.2, -0.15) is 0 Å². The van der Waals surface area contributed by atoms with Gasteiger partial charge in [-0.1, -0.05) is 19.8 Å². The quantitative estimate of drug-likeness (QED) is 0.726. The molecule has 2 unspecified atom stereocenters. The van der Waals surface area contributed by atoms with Crippen LogP contribution in [0.5, 0.6) is 0 Å². The lowest BCUT2D eigenvalue weighted by Crippen LogP contribution is -2.23. The first-order chi connectivity index (χ1) is 5.75. The van der Waals surface area contributed by atoms with Gasteiger partial charge in [-0.05, 0) is 25.8 Å². The van der Waals surface area contributed by atoms with Crippen molar-refractivity contribution in [1.29, 1.82) is 0 Å². The molecule has 0 amide bonds. The Kier molecular flexibility index (Phi) is 4.22. The summed E-state index contributed by atoms with van der Waals surface area (Å²) < 4.78 is 11.8. The largest absolute Gasteiger partial charge is 0.330 e. The van der Waals surface area contributed by atoms with E-state index in [4.69, 9.17) is 5.73 Å². The molecular formula is C9H19NOS. The molecule has 0 aromatic rings. The highest BCUT2D eigenvalue weighted by Crippen LogP contribution is 2.25. The van der Waals surface area contributed by atoms with Gasteiger partial charge in [0.25, 0.3) is 0 Å². The Morgan fingerprint density at radius 2 is 2.08 bits per heavy atom. The van der Waals surface area contributed by atoms with E-state index in [1.54, 1.807) is 0 Å². The molecule has 2 atom stereocenters. The first-order valence-electron chi connectivity index (χ1n) is 4.85. The Morgan fingerprint density at radius 3 is 2.58 bits per heavy atom. The van der Waals surface area contributed by atoms with Crippen LogP contribution in [-0.2, 0) is 10.8 Å². The third-order valence-corrected chi connectivity index (χ3v) is 4.76. The number of rotatable bonds is 4. The molecule has 1 saturated carbocycles. The smallest absolute Gasteiger partial charge is 0.0350 e. The van der Waals surface area contributed by atoms with E-state index in [0.29, 0.717) is 17.0 Å². The summed E-state index contributed by atoms with van der Waals surface area (Å²) in [5, 5.41) is 0.782. The molecule has 0 aliphatic heterocycles. The van der Waals surface area contributed by atoms with Crippen LogP contribution in [-0.4, -0.2) is 21.3 Å². The topological polar surface area (TPSA) is 43.1 Å². The number of hydrogen-bond acceptors (Lipinski definition) is 2. The summed E-state index contributed by atoms with van der Waals surface area (Å²) in [6, 6.07) is 0. The zero-order valence-electron chi connectivity index (χ0n) is 7.79. The summed E-state index contributed by atoms with van der Waals surface area (Å²) in [6.45, 7) is 2.72. The lowest BCUT2D eigenvalue weighted by Gasteiger charge is -2.15. The van der Waals surface area contributed by atoms with E-state index in [1.165, 1.54) is 25.7 Å². The van der Waals surface area contributed by atoms with E-state index in [2.05, 4.69) is 6.92 Å². The number of nitrogens with two attached hydrogens (primary N) is 1. The normalized spacial score (nSPS) is 24.2. The molecule has 12 heavy (non-hydrogen) atoms. The van der Waals surface area contributed by atoms with Gasteiger partial charge in [-0.3, -0.25) is 4.21 Å². The van der Waals surface area contributed by atoms with Crippen molar-refractivity contribution in [2.45, 2.75) is 49.5 Å². The van der Waals surface area contributed by atoms with Crippen molar-refractivity contribution in [3.05, 3.63) is 0 Å². The minimum atomic E-state index is -0.620. The van der Waals surface area contributed by atoms with Crippen LogP contribution in [0.15, 0.2) is 0 Å². The molecule has 1 aliphatic carbocycles. The molecule has 3 heteroatoms. The summed E-state index contributed by atoms with van der Waals surface area (Å²) in [7, 11) is -0.620. The second-order valence-electron chi connectivity index (χ2n) is 3.62. The van der Waals surface area contributed by atoms with Crippen LogP contribution in [0.25, 0.3) is 0 Å². The molecule has 0 heterocycles. The molecule has 2 N–H and O–H groups in total. The van der Waals surface area contributed by atoms with Gasteiger partial charge in [0.15, 0.2) is 0 Å². The van der Waals surface area contributed by atoms with Gasteiger partial charge < -0.3 is 5.73 Å². The van der Waals surface area contributed by atoms with Crippen LogP contribution in [0, 0.1) is 0 Å². The van der Waals surface area contributed by atoms with Crippen LogP contribution in [0.2, 0.25) is 0 Å². The Balaban J connectivity index is 2.34. The van der Waals surface area contributed by atoms with E-state index in [-0.39, 0.29) is 0 Å². The van der Waals surface area contributed by atoms with Gasteiger partial charge in [-0.25, -0.2) is 0 Å². The highest BCUT2D eigenvalue weighted by Gasteiger charge is 2.24. The maximum Gasteiger partial charge on any atom is 0.0350 e. The van der Waals surface area contributed by atoms with E-state index in [9.17, 15) is 4.21 Å². The molecule has 0 aromatic carbocycles. The fourth-order valence-corrected chi connectivity index (χ4v) is 3.62. The summed E-state index contributed by atoms with van der Waals surface area (Å²) in [6.07, 6.45) is 5.78. The molecule has 0 bridgehead atoms. The van der Waals surface area contributed by atoms with Gasteiger partial charge in [0.05, 0.1) is 0 Å². The Labute approximate surface area is 77.4 Å². The molecule has 0 radical (unpaired) electrons. The number of hydrogen-bond donors (Lipinski definition) is 1. The average Bonchev–Trinajstić information content (AvgIpc) is 2.55.